The topological polar surface area (TPSA) is 46.5 Å². The largest absolute Gasteiger partial charge is 0.469 e. The standard InChI is InChI=1S/C13H24O3/c1-3-12(14)11(13(15)16-2)9-10-7-5-4-6-8-10/h10-12,14H,3-9H2,1-2H3/t11-,12-/m1/s1. The summed E-state index contributed by atoms with van der Waals surface area (Å²) in [5.41, 5.74) is 0. The second-order valence-corrected chi connectivity index (χ2v) is 4.84. The third-order valence-electron chi connectivity index (χ3n) is 3.70. The first kappa shape index (κ1) is 13.5. The lowest BCUT2D eigenvalue weighted by Crippen LogP contribution is -2.31. The van der Waals surface area contributed by atoms with Crippen molar-refractivity contribution in [3.05, 3.63) is 0 Å². The van der Waals surface area contributed by atoms with Gasteiger partial charge in [0.2, 0.25) is 0 Å². The minimum Gasteiger partial charge on any atom is -0.469 e. The van der Waals surface area contributed by atoms with Crippen LogP contribution < -0.4 is 0 Å². The summed E-state index contributed by atoms with van der Waals surface area (Å²) in [4.78, 5) is 11.6. The van der Waals surface area contributed by atoms with E-state index in [4.69, 9.17) is 4.74 Å². The van der Waals surface area contributed by atoms with Crippen LogP contribution in [0.5, 0.6) is 0 Å². The Bertz CT molecular complexity index is 209. The van der Waals surface area contributed by atoms with E-state index in [2.05, 4.69) is 0 Å². The van der Waals surface area contributed by atoms with E-state index in [1.165, 1.54) is 39.2 Å². The lowest BCUT2D eigenvalue weighted by atomic mass is 9.81. The van der Waals surface area contributed by atoms with Crippen molar-refractivity contribution in [3.63, 3.8) is 0 Å². The number of hydrogen-bond acceptors (Lipinski definition) is 3. The monoisotopic (exact) mass is 228 g/mol. The van der Waals surface area contributed by atoms with Crippen LogP contribution in [0.2, 0.25) is 0 Å². The molecule has 2 atom stereocenters. The van der Waals surface area contributed by atoms with Gasteiger partial charge in [0.25, 0.3) is 0 Å². The molecule has 0 aliphatic heterocycles. The molecule has 0 spiro atoms. The second-order valence-electron chi connectivity index (χ2n) is 4.84. The third kappa shape index (κ3) is 3.78. The highest BCUT2D eigenvalue weighted by Crippen LogP contribution is 2.31. The average Bonchev–Trinajstić information content (AvgIpc) is 2.35. The molecule has 1 N–H and O–H groups in total. The van der Waals surface area contributed by atoms with Crippen molar-refractivity contribution in [2.75, 3.05) is 7.11 Å². The maximum Gasteiger partial charge on any atom is 0.311 e. The summed E-state index contributed by atoms with van der Waals surface area (Å²) in [5.74, 6) is 0.0251. The first-order chi connectivity index (χ1) is 7.69. The Labute approximate surface area is 98.2 Å². The maximum absolute atomic E-state index is 11.6. The first-order valence-electron chi connectivity index (χ1n) is 6.45. The molecule has 1 aliphatic carbocycles. The number of esters is 1. The molecule has 16 heavy (non-hydrogen) atoms. The molecule has 3 heteroatoms. The van der Waals surface area contributed by atoms with Crippen LogP contribution in [0, 0.1) is 11.8 Å². The number of aliphatic hydroxyl groups is 1. The smallest absolute Gasteiger partial charge is 0.311 e. The van der Waals surface area contributed by atoms with Crippen molar-refractivity contribution in [1.29, 1.82) is 0 Å². The molecule has 3 nitrogen and oxygen atoms in total. The van der Waals surface area contributed by atoms with Crippen molar-refractivity contribution >= 4 is 5.97 Å². The Morgan fingerprint density at radius 2 is 2.00 bits per heavy atom. The molecule has 94 valence electrons. The van der Waals surface area contributed by atoms with Gasteiger partial charge in [-0.25, -0.2) is 0 Å². The molecule has 1 fully saturated rings. The molecule has 0 bridgehead atoms. The third-order valence-corrected chi connectivity index (χ3v) is 3.70. The molecular weight excluding hydrogens is 204 g/mol. The number of aliphatic hydroxyl groups excluding tert-OH is 1. The quantitative estimate of drug-likeness (QED) is 0.735. The Kier molecular flexibility index (Phi) is 5.81. The van der Waals surface area contributed by atoms with Gasteiger partial charge in [-0.15, -0.1) is 0 Å². The summed E-state index contributed by atoms with van der Waals surface area (Å²) in [5, 5.41) is 9.85. The summed E-state index contributed by atoms with van der Waals surface area (Å²) in [6.45, 7) is 1.90. The van der Waals surface area contributed by atoms with E-state index in [1.54, 1.807) is 0 Å². The van der Waals surface area contributed by atoms with Crippen LogP contribution in [-0.4, -0.2) is 24.3 Å². The van der Waals surface area contributed by atoms with Crippen molar-refractivity contribution < 1.29 is 14.6 Å². The molecule has 1 saturated carbocycles. The van der Waals surface area contributed by atoms with E-state index in [-0.39, 0.29) is 11.9 Å². The molecule has 0 aromatic heterocycles. The van der Waals surface area contributed by atoms with Crippen LogP contribution in [0.3, 0.4) is 0 Å². The molecule has 0 aromatic rings. The molecule has 1 rings (SSSR count). The van der Waals surface area contributed by atoms with E-state index in [0.717, 1.165) is 6.42 Å². The average molecular weight is 228 g/mol. The normalized spacial score (nSPS) is 21.4. The Morgan fingerprint density at radius 1 is 1.38 bits per heavy atom. The fourth-order valence-corrected chi connectivity index (χ4v) is 2.63. The van der Waals surface area contributed by atoms with Crippen LogP contribution in [-0.2, 0) is 9.53 Å². The van der Waals surface area contributed by atoms with Gasteiger partial charge in [-0.2, -0.15) is 0 Å². The van der Waals surface area contributed by atoms with Gasteiger partial charge >= 0.3 is 5.97 Å². The van der Waals surface area contributed by atoms with Crippen LogP contribution in [0.15, 0.2) is 0 Å². The van der Waals surface area contributed by atoms with E-state index in [9.17, 15) is 9.90 Å². The molecule has 0 saturated heterocycles. The van der Waals surface area contributed by atoms with Crippen molar-refractivity contribution in [3.8, 4) is 0 Å². The number of carbonyl (C=O) groups is 1. The SMILES string of the molecule is CC[C@@H](O)[C@@H](CC1CCCCC1)C(=O)OC. The molecule has 1 aliphatic rings. The summed E-state index contributed by atoms with van der Waals surface area (Å²) in [6, 6.07) is 0. The Hall–Kier alpha value is -0.570. The van der Waals surface area contributed by atoms with E-state index in [0.29, 0.717) is 12.3 Å². The lowest BCUT2D eigenvalue weighted by Gasteiger charge is -2.27. The van der Waals surface area contributed by atoms with Crippen molar-refractivity contribution in [2.45, 2.75) is 58.0 Å². The lowest BCUT2D eigenvalue weighted by molar-refractivity contribution is -0.150. The fourth-order valence-electron chi connectivity index (χ4n) is 2.63. The fraction of sp³-hybridized carbons (Fsp3) is 0.923. The second kappa shape index (κ2) is 6.89. The van der Waals surface area contributed by atoms with Gasteiger partial charge < -0.3 is 9.84 Å². The summed E-state index contributed by atoms with van der Waals surface area (Å²) < 4.78 is 4.78. The van der Waals surface area contributed by atoms with E-state index < -0.39 is 6.10 Å². The highest BCUT2D eigenvalue weighted by Gasteiger charge is 2.29. The van der Waals surface area contributed by atoms with Gasteiger partial charge in [0.1, 0.15) is 0 Å². The van der Waals surface area contributed by atoms with Crippen LogP contribution >= 0.6 is 0 Å². The minimum atomic E-state index is -0.547. The van der Waals surface area contributed by atoms with Crippen molar-refractivity contribution in [2.24, 2.45) is 11.8 Å². The molecule has 0 amide bonds. The predicted molar refractivity (Wildman–Crippen MR) is 63.0 cm³/mol. The molecule has 0 heterocycles. The van der Waals surface area contributed by atoms with Gasteiger partial charge in [0.05, 0.1) is 19.1 Å². The summed E-state index contributed by atoms with van der Waals surface area (Å²) >= 11 is 0. The van der Waals surface area contributed by atoms with E-state index >= 15 is 0 Å². The zero-order valence-corrected chi connectivity index (χ0v) is 10.4. The zero-order valence-electron chi connectivity index (χ0n) is 10.4. The molecule has 0 aromatic carbocycles. The zero-order chi connectivity index (χ0) is 12.0. The highest BCUT2D eigenvalue weighted by atomic mass is 16.5. The minimum absolute atomic E-state index is 0.250. The van der Waals surface area contributed by atoms with Crippen LogP contribution in [0.25, 0.3) is 0 Å². The van der Waals surface area contributed by atoms with Crippen molar-refractivity contribution in [1.82, 2.24) is 0 Å². The van der Waals surface area contributed by atoms with Crippen LogP contribution in [0.1, 0.15) is 51.9 Å². The molecule has 0 unspecified atom stereocenters. The van der Waals surface area contributed by atoms with Gasteiger partial charge in [-0.3, -0.25) is 4.79 Å². The van der Waals surface area contributed by atoms with Gasteiger partial charge in [-0.1, -0.05) is 39.0 Å². The molecular formula is C13H24O3. The number of rotatable bonds is 5. The van der Waals surface area contributed by atoms with Gasteiger partial charge in [0.15, 0.2) is 0 Å². The number of hydrogen-bond donors (Lipinski definition) is 1. The van der Waals surface area contributed by atoms with Crippen LogP contribution in [0.4, 0.5) is 0 Å². The summed E-state index contributed by atoms with van der Waals surface area (Å²) in [7, 11) is 1.40. The number of ether oxygens (including phenoxy) is 1. The van der Waals surface area contributed by atoms with Gasteiger partial charge in [0, 0.05) is 0 Å². The molecule has 0 radical (unpaired) electrons. The number of carbonyl (C=O) groups excluding carboxylic acids is 1. The highest BCUT2D eigenvalue weighted by molar-refractivity contribution is 5.72. The Balaban J connectivity index is 2.51. The Morgan fingerprint density at radius 3 is 2.50 bits per heavy atom. The van der Waals surface area contributed by atoms with E-state index in [1.807, 2.05) is 6.92 Å². The number of methoxy groups -OCH3 is 1. The predicted octanol–water partition coefficient (Wildman–Crippen LogP) is 2.52. The maximum atomic E-state index is 11.6. The van der Waals surface area contributed by atoms with Gasteiger partial charge in [-0.05, 0) is 18.8 Å². The summed E-state index contributed by atoms with van der Waals surface area (Å²) in [6.07, 6.45) is 7.11. The first-order valence-corrected chi connectivity index (χ1v) is 6.45.